The molecule has 0 spiro atoms. The molecule has 0 aliphatic carbocycles. The number of thiophene rings is 1. The molecule has 1 unspecified atom stereocenters. The van der Waals surface area contributed by atoms with Crippen LogP contribution in [0.5, 0.6) is 0 Å². The Morgan fingerprint density at radius 3 is 2.85 bits per heavy atom. The van der Waals surface area contributed by atoms with E-state index in [9.17, 15) is 0 Å². The first kappa shape index (κ1) is 13.8. The summed E-state index contributed by atoms with van der Waals surface area (Å²) in [5, 5.41) is 2.16. The van der Waals surface area contributed by atoms with Crippen LogP contribution < -0.4 is 0 Å². The lowest BCUT2D eigenvalue weighted by atomic mass is 10.1. The summed E-state index contributed by atoms with van der Waals surface area (Å²) >= 11 is 1.85. The summed E-state index contributed by atoms with van der Waals surface area (Å²) in [5.74, 6) is 0. The molecule has 106 valence electrons. The topological polar surface area (TPSA) is 12.5 Å². The van der Waals surface area contributed by atoms with Gasteiger partial charge in [0.05, 0.1) is 12.7 Å². The summed E-state index contributed by atoms with van der Waals surface area (Å²) in [6.07, 6.45) is 2.60. The Bertz CT molecular complexity index is 497. The Balaban J connectivity index is 1.48. The van der Waals surface area contributed by atoms with Gasteiger partial charge in [-0.25, -0.2) is 0 Å². The minimum atomic E-state index is 0.379. The molecule has 2 nitrogen and oxygen atoms in total. The Hall–Kier alpha value is -1.16. The largest absolute Gasteiger partial charge is 0.376 e. The summed E-state index contributed by atoms with van der Waals surface area (Å²) in [7, 11) is 0. The predicted molar refractivity (Wildman–Crippen MR) is 84.1 cm³/mol. The molecule has 0 N–H and O–H groups in total. The average Bonchev–Trinajstić information content (AvgIpc) is 3.00. The van der Waals surface area contributed by atoms with Crippen molar-refractivity contribution in [3.63, 3.8) is 0 Å². The summed E-state index contributed by atoms with van der Waals surface area (Å²) < 4.78 is 5.91. The zero-order valence-corrected chi connectivity index (χ0v) is 12.5. The second kappa shape index (κ2) is 7.02. The average molecular weight is 287 g/mol. The Labute approximate surface area is 125 Å². The number of benzene rings is 1. The smallest absolute Gasteiger partial charge is 0.0705 e. The van der Waals surface area contributed by atoms with Crippen LogP contribution in [0.3, 0.4) is 0 Å². The van der Waals surface area contributed by atoms with Gasteiger partial charge in [-0.3, -0.25) is 4.90 Å². The molecule has 1 aromatic carbocycles. The summed E-state index contributed by atoms with van der Waals surface area (Å²) in [6.45, 7) is 4.05. The van der Waals surface area contributed by atoms with E-state index in [0.29, 0.717) is 6.10 Å². The van der Waals surface area contributed by atoms with Gasteiger partial charge in [0.15, 0.2) is 0 Å². The zero-order chi connectivity index (χ0) is 13.6. The van der Waals surface area contributed by atoms with Gasteiger partial charge in [-0.15, -0.1) is 11.3 Å². The van der Waals surface area contributed by atoms with E-state index in [2.05, 4.69) is 52.7 Å². The zero-order valence-electron chi connectivity index (χ0n) is 11.7. The van der Waals surface area contributed by atoms with Crippen LogP contribution >= 0.6 is 11.3 Å². The van der Waals surface area contributed by atoms with E-state index in [-0.39, 0.29) is 0 Å². The van der Waals surface area contributed by atoms with Crippen molar-refractivity contribution in [3.05, 3.63) is 58.3 Å². The van der Waals surface area contributed by atoms with E-state index >= 15 is 0 Å². The van der Waals surface area contributed by atoms with Crippen LogP contribution in [0.4, 0.5) is 0 Å². The normalized spacial score (nSPS) is 20.1. The van der Waals surface area contributed by atoms with Gasteiger partial charge in [-0.2, -0.15) is 0 Å². The van der Waals surface area contributed by atoms with Crippen LogP contribution in [0, 0.1) is 0 Å². The molecule has 1 aliphatic heterocycles. The first-order chi connectivity index (χ1) is 9.90. The Morgan fingerprint density at radius 1 is 1.15 bits per heavy atom. The van der Waals surface area contributed by atoms with E-state index in [1.807, 2.05) is 11.3 Å². The van der Waals surface area contributed by atoms with Gasteiger partial charge in [-0.1, -0.05) is 36.4 Å². The van der Waals surface area contributed by atoms with E-state index in [4.69, 9.17) is 4.74 Å². The molecule has 1 aliphatic rings. The second-order valence-electron chi connectivity index (χ2n) is 5.33. The minimum Gasteiger partial charge on any atom is -0.376 e. The van der Waals surface area contributed by atoms with Gasteiger partial charge < -0.3 is 4.74 Å². The molecule has 0 bridgehead atoms. The molecule has 0 saturated carbocycles. The van der Waals surface area contributed by atoms with E-state index in [1.165, 1.54) is 10.4 Å². The van der Waals surface area contributed by atoms with E-state index in [1.54, 1.807) is 0 Å². The first-order valence-corrected chi connectivity index (χ1v) is 8.18. The number of hydrogen-bond acceptors (Lipinski definition) is 3. The SMILES string of the molecule is c1ccc(CCC2CN(Cc3cccs3)CCO2)cc1. The standard InChI is InChI=1S/C17H21NOS/c1-2-5-15(6-3-1)8-9-16-13-18(10-11-19-16)14-17-7-4-12-20-17/h1-7,12,16H,8-11,13-14H2. The van der Waals surface area contributed by atoms with Crippen LogP contribution in [0.25, 0.3) is 0 Å². The molecule has 2 heterocycles. The number of hydrogen-bond donors (Lipinski definition) is 0. The molecule has 1 fully saturated rings. The van der Waals surface area contributed by atoms with Crippen LogP contribution in [0.15, 0.2) is 47.8 Å². The summed E-state index contributed by atoms with van der Waals surface area (Å²) in [5.41, 5.74) is 1.41. The third-order valence-corrected chi connectivity index (χ3v) is 4.64. The van der Waals surface area contributed by atoms with Crippen molar-refractivity contribution in [3.8, 4) is 0 Å². The monoisotopic (exact) mass is 287 g/mol. The van der Waals surface area contributed by atoms with Crippen molar-refractivity contribution in [2.75, 3.05) is 19.7 Å². The molecule has 3 heteroatoms. The van der Waals surface area contributed by atoms with Crippen molar-refractivity contribution in [1.82, 2.24) is 4.90 Å². The lowest BCUT2D eigenvalue weighted by molar-refractivity contribution is -0.0342. The minimum absolute atomic E-state index is 0.379. The maximum atomic E-state index is 5.91. The quantitative estimate of drug-likeness (QED) is 0.833. The molecule has 3 rings (SSSR count). The summed E-state index contributed by atoms with van der Waals surface area (Å²) in [6, 6.07) is 15.1. The van der Waals surface area contributed by atoms with Gasteiger partial charge in [0.2, 0.25) is 0 Å². The van der Waals surface area contributed by atoms with Crippen molar-refractivity contribution in [1.29, 1.82) is 0 Å². The highest BCUT2D eigenvalue weighted by atomic mass is 32.1. The Morgan fingerprint density at radius 2 is 2.05 bits per heavy atom. The number of morpholine rings is 1. The number of ether oxygens (including phenoxy) is 1. The first-order valence-electron chi connectivity index (χ1n) is 7.30. The molecule has 1 saturated heterocycles. The van der Waals surface area contributed by atoms with Crippen LogP contribution in [0.2, 0.25) is 0 Å². The van der Waals surface area contributed by atoms with Gasteiger partial charge in [-0.05, 0) is 29.9 Å². The van der Waals surface area contributed by atoms with E-state index in [0.717, 1.165) is 39.1 Å². The third-order valence-electron chi connectivity index (χ3n) is 3.78. The van der Waals surface area contributed by atoms with Crippen molar-refractivity contribution >= 4 is 11.3 Å². The molecule has 0 amide bonds. The van der Waals surface area contributed by atoms with Crippen LogP contribution in [-0.4, -0.2) is 30.7 Å². The third kappa shape index (κ3) is 3.92. The lowest BCUT2D eigenvalue weighted by Crippen LogP contribution is -2.41. The second-order valence-corrected chi connectivity index (χ2v) is 6.36. The molecule has 0 radical (unpaired) electrons. The van der Waals surface area contributed by atoms with Gasteiger partial charge in [0.25, 0.3) is 0 Å². The van der Waals surface area contributed by atoms with Crippen LogP contribution in [-0.2, 0) is 17.7 Å². The van der Waals surface area contributed by atoms with Crippen molar-refractivity contribution in [2.45, 2.75) is 25.5 Å². The van der Waals surface area contributed by atoms with Gasteiger partial charge in [0, 0.05) is 24.5 Å². The van der Waals surface area contributed by atoms with Crippen molar-refractivity contribution < 1.29 is 4.74 Å². The highest BCUT2D eigenvalue weighted by molar-refractivity contribution is 7.09. The lowest BCUT2D eigenvalue weighted by Gasteiger charge is -2.32. The predicted octanol–water partition coefficient (Wildman–Crippen LogP) is 3.58. The molecular weight excluding hydrogens is 266 g/mol. The van der Waals surface area contributed by atoms with Crippen LogP contribution in [0.1, 0.15) is 16.9 Å². The fraction of sp³-hybridized carbons (Fsp3) is 0.412. The van der Waals surface area contributed by atoms with E-state index < -0.39 is 0 Å². The highest BCUT2D eigenvalue weighted by Crippen LogP contribution is 2.17. The van der Waals surface area contributed by atoms with Crippen molar-refractivity contribution in [2.24, 2.45) is 0 Å². The highest BCUT2D eigenvalue weighted by Gasteiger charge is 2.20. The number of aryl methyl sites for hydroxylation is 1. The molecule has 1 atom stereocenters. The van der Waals surface area contributed by atoms with Gasteiger partial charge >= 0.3 is 0 Å². The number of rotatable bonds is 5. The molecular formula is C17H21NOS. The summed E-state index contributed by atoms with van der Waals surface area (Å²) in [4.78, 5) is 3.97. The fourth-order valence-electron chi connectivity index (χ4n) is 2.69. The maximum Gasteiger partial charge on any atom is 0.0705 e. The van der Waals surface area contributed by atoms with Gasteiger partial charge in [0.1, 0.15) is 0 Å². The fourth-order valence-corrected chi connectivity index (χ4v) is 3.44. The number of nitrogens with zero attached hydrogens (tertiary/aromatic N) is 1. The molecule has 20 heavy (non-hydrogen) atoms. The Kier molecular flexibility index (Phi) is 4.85. The molecule has 2 aromatic rings. The maximum absolute atomic E-state index is 5.91. The molecule has 1 aromatic heterocycles.